The minimum atomic E-state index is -0.0666. The van der Waals surface area contributed by atoms with Gasteiger partial charge in [-0.15, -0.1) is 10.2 Å². The van der Waals surface area contributed by atoms with E-state index in [2.05, 4.69) is 32.3 Å². The van der Waals surface area contributed by atoms with Gasteiger partial charge in [0.2, 0.25) is 0 Å². The van der Waals surface area contributed by atoms with Crippen molar-refractivity contribution in [1.29, 1.82) is 0 Å². The van der Waals surface area contributed by atoms with Crippen molar-refractivity contribution in [3.05, 3.63) is 35.9 Å². The van der Waals surface area contributed by atoms with Crippen LogP contribution in [0.4, 0.5) is 0 Å². The quantitative estimate of drug-likeness (QED) is 0.605. The molecule has 8 nitrogen and oxygen atoms in total. The van der Waals surface area contributed by atoms with Crippen LogP contribution in [-0.4, -0.2) is 46.5 Å². The molecule has 0 spiro atoms. The standard InChI is InChI=1S/C20H28N6O2/c1-2-21-20(22-12-15-14-27-16-8-5-6-9-17(16)28-15)23-13-19-25-24-18-10-4-3-7-11-26(18)19/h5-6,8-9,15H,2-4,7,10-14H2,1H3,(H2,21,22,23). The highest BCUT2D eigenvalue weighted by molar-refractivity contribution is 5.79. The molecule has 1 aromatic carbocycles. The van der Waals surface area contributed by atoms with Gasteiger partial charge in [0.05, 0.1) is 6.54 Å². The SMILES string of the molecule is CCNC(=NCc1nnc2n1CCCCC2)NCC1COc2ccccc2O1. The number of ether oxygens (including phenoxy) is 2. The zero-order chi connectivity index (χ0) is 19.2. The summed E-state index contributed by atoms with van der Waals surface area (Å²) >= 11 is 0. The Kier molecular flexibility index (Phi) is 5.94. The Bertz CT molecular complexity index is 819. The highest BCUT2D eigenvalue weighted by Crippen LogP contribution is 2.30. The lowest BCUT2D eigenvalue weighted by molar-refractivity contribution is 0.0936. The summed E-state index contributed by atoms with van der Waals surface area (Å²) in [5, 5.41) is 15.3. The molecule has 2 aliphatic rings. The van der Waals surface area contributed by atoms with E-state index in [-0.39, 0.29) is 6.10 Å². The molecule has 0 aliphatic carbocycles. The second-order valence-electron chi connectivity index (χ2n) is 7.07. The fraction of sp³-hybridized carbons (Fsp3) is 0.550. The molecule has 3 heterocycles. The predicted molar refractivity (Wildman–Crippen MR) is 107 cm³/mol. The van der Waals surface area contributed by atoms with Crippen molar-refractivity contribution in [2.24, 2.45) is 4.99 Å². The number of hydrogen-bond acceptors (Lipinski definition) is 5. The van der Waals surface area contributed by atoms with Gasteiger partial charge in [-0.2, -0.15) is 0 Å². The van der Waals surface area contributed by atoms with E-state index < -0.39 is 0 Å². The van der Waals surface area contributed by atoms with Crippen molar-refractivity contribution in [3.63, 3.8) is 0 Å². The maximum absolute atomic E-state index is 6.00. The molecule has 2 aliphatic heterocycles. The first-order valence-corrected chi connectivity index (χ1v) is 10.1. The van der Waals surface area contributed by atoms with Crippen molar-refractivity contribution < 1.29 is 9.47 Å². The Balaban J connectivity index is 1.36. The van der Waals surface area contributed by atoms with Gasteiger partial charge in [0.15, 0.2) is 23.3 Å². The second kappa shape index (κ2) is 8.95. The lowest BCUT2D eigenvalue weighted by Crippen LogP contribution is -2.45. The average molecular weight is 384 g/mol. The number of fused-ring (bicyclic) bond motifs is 2. The Morgan fingerprint density at radius 2 is 2.07 bits per heavy atom. The number of para-hydroxylation sites is 2. The molecule has 2 N–H and O–H groups in total. The summed E-state index contributed by atoms with van der Waals surface area (Å²) in [5.74, 6) is 4.35. The van der Waals surface area contributed by atoms with Gasteiger partial charge in [0, 0.05) is 19.5 Å². The van der Waals surface area contributed by atoms with Crippen LogP contribution < -0.4 is 20.1 Å². The van der Waals surface area contributed by atoms with Crippen molar-refractivity contribution in [2.45, 2.75) is 51.8 Å². The van der Waals surface area contributed by atoms with Crippen LogP contribution >= 0.6 is 0 Å². The molecular formula is C20H28N6O2. The molecule has 150 valence electrons. The summed E-state index contributed by atoms with van der Waals surface area (Å²) in [7, 11) is 0. The molecule has 1 aromatic heterocycles. The normalized spacial score (nSPS) is 18.9. The summed E-state index contributed by atoms with van der Waals surface area (Å²) in [5.41, 5.74) is 0. The molecule has 0 saturated heterocycles. The third kappa shape index (κ3) is 4.37. The highest BCUT2D eigenvalue weighted by atomic mass is 16.6. The smallest absolute Gasteiger partial charge is 0.191 e. The summed E-state index contributed by atoms with van der Waals surface area (Å²) in [6, 6.07) is 7.75. The summed E-state index contributed by atoms with van der Waals surface area (Å²) in [6.45, 7) is 5.46. The van der Waals surface area contributed by atoms with E-state index in [1.807, 2.05) is 24.3 Å². The maximum Gasteiger partial charge on any atom is 0.191 e. The second-order valence-corrected chi connectivity index (χ2v) is 7.07. The van der Waals surface area contributed by atoms with Crippen molar-refractivity contribution in [2.75, 3.05) is 19.7 Å². The van der Waals surface area contributed by atoms with Crippen LogP contribution in [-0.2, 0) is 19.5 Å². The van der Waals surface area contributed by atoms with E-state index in [4.69, 9.17) is 14.5 Å². The van der Waals surface area contributed by atoms with Crippen LogP contribution in [0.15, 0.2) is 29.3 Å². The van der Waals surface area contributed by atoms with Gasteiger partial charge < -0.3 is 24.7 Å². The molecular weight excluding hydrogens is 356 g/mol. The number of benzene rings is 1. The fourth-order valence-electron chi connectivity index (χ4n) is 3.53. The van der Waals surface area contributed by atoms with E-state index in [0.29, 0.717) is 19.7 Å². The molecule has 0 amide bonds. The Hall–Kier alpha value is -2.77. The number of nitrogens with one attached hydrogen (secondary N) is 2. The number of hydrogen-bond donors (Lipinski definition) is 2. The van der Waals surface area contributed by atoms with Gasteiger partial charge in [0.25, 0.3) is 0 Å². The van der Waals surface area contributed by atoms with Crippen LogP contribution in [0.5, 0.6) is 11.5 Å². The van der Waals surface area contributed by atoms with E-state index in [1.54, 1.807) is 0 Å². The highest BCUT2D eigenvalue weighted by Gasteiger charge is 2.21. The molecule has 0 saturated carbocycles. The third-order valence-corrected chi connectivity index (χ3v) is 4.97. The predicted octanol–water partition coefficient (Wildman–Crippen LogP) is 1.90. The average Bonchev–Trinajstić information content (AvgIpc) is 2.96. The van der Waals surface area contributed by atoms with Gasteiger partial charge in [-0.25, -0.2) is 4.99 Å². The number of rotatable bonds is 5. The molecule has 28 heavy (non-hydrogen) atoms. The van der Waals surface area contributed by atoms with Crippen LogP contribution in [0, 0.1) is 0 Å². The first kappa shape index (κ1) is 18.6. The van der Waals surface area contributed by atoms with Crippen LogP contribution in [0.3, 0.4) is 0 Å². The van der Waals surface area contributed by atoms with Crippen LogP contribution in [0.1, 0.15) is 37.8 Å². The molecule has 8 heteroatoms. The lowest BCUT2D eigenvalue weighted by atomic mass is 10.2. The van der Waals surface area contributed by atoms with Crippen molar-refractivity contribution in [1.82, 2.24) is 25.4 Å². The topological polar surface area (TPSA) is 85.6 Å². The Morgan fingerprint density at radius 1 is 1.18 bits per heavy atom. The van der Waals surface area contributed by atoms with E-state index in [9.17, 15) is 0 Å². The zero-order valence-electron chi connectivity index (χ0n) is 16.4. The number of aliphatic imine (C=N–C) groups is 1. The van der Waals surface area contributed by atoms with Crippen LogP contribution in [0.2, 0.25) is 0 Å². The van der Waals surface area contributed by atoms with Crippen molar-refractivity contribution >= 4 is 5.96 Å². The first-order valence-electron chi connectivity index (χ1n) is 10.1. The minimum absolute atomic E-state index is 0.0666. The largest absolute Gasteiger partial charge is 0.486 e. The van der Waals surface area contributed by atoms with Gasteiger partial charge in [0.1, 0.15) is 25.1 Å². The summed E-state index contributed by atoms with van der Waals surface area (Å²) < 4.78 is 14.0. The molecule has 4 rings (SSSR count). The number of aryl methyl sites for hydroxylation is 1. The molecule has 1 unspecified atom stereocenters. The molecule has 2 aromatic rings. The van der Waals surface area contributed by atoms with E-state index >= 15 is 0 Å². The Morgan fingerprint density at radius 3 is 2.96 bits per heavy atom. The summed E-state index contributed by atoms with van der Waals surface area (Å²) in [4.78, 5) is 4.70. The monoisotopic (exact) mass is 384 g/mol. The fourth-order valence-corrected chi connectivity index (χ4v) is 3.53. The first-order chi connectivity index (χ1) is 13.8. The minimum Gasteiger partial charge on any atom is -0.486 e. The Labute approximate surface area is 165 Å². The van der Waals surface area contributed by atoms with Gasteiger partial charge >= 0.3 is 0 Å². The van der Waals surface area contributed by atoms with Gasteiger partial charge in [-0.3, -0.25) is 0 Å². The maximum atomic E-state index is 6.00. The number of guanidine groups is 1. The molecule has 1 atom stereocenters. The zero-order valence-corrected chi connectivity index (χ0v) is 16.4. The van der Waals surface area contributed by atoms with Crippen molar-refractivity contribution in [3.8, 4) is 11.5 Å². The van der Waals surface area contributed by atoms with E-state index in [0.717, 1.165) is 48.6 Å². The molecule has 0 fully saturated rings. The number of nitrogens with zero attached hydrogens (tertiary/aromatic N) is 4. The van der Waals surface area contributed by atoms with Gasteiger partial charge in [-0.1, -0.05) is 18.6 Å². The third-order valence-electron chi connectivity index (χ3n) is 4.97. The molecule has 0 bridgehead atoms. The molecule has 0 radical (unpaired) electrons. The van der Waals surface area contributed by atoms with E-state index in [1.165, 1.54) is 19.3 Å². The lowest BCUT2D eigenvalue weighted by Gasteiger charge is -2.27. The number of aromatic nitrogens is 3. The summed E-state index contributed by atoms with van der Waals surface area (Å²) in [6.07, 6.45) is 4.57. The van der Waals surface area contributed by atoms with Gasteiger partial charge in [-0.05, 0) is 31.9 Å². The van der Waals surface area contributed by atoms with Crippen LogP contribution in [0.25, 0.3) is 0 Å².